The monoisotopic (exact) mass is 352 g/mol. The second kappa shape index (κ2) is 7.75. The molecule has 0 spiro atoms. The fraction of sp³-hybridized carbons (Fsp3) is 0.133. The number of amides is 2. The molecule has 120 valence electrons. The Labute approximate surface area is 141 Å². The summed E-state index contributed by atoms with van der Waals surface area (Å²) in [5.74, 6) is -1.39. The highest BCUT2D eigenvalue weighted by Gasteiger charge is 2.14. The van der Waals surface area contributed by atoms with Crippen molar-refractivity contribution in [1.29, 1.82) is 0 Å². The van der Waals surface area contributed by atoms with Crippen LogP contribution in [0.2, 0.25) is 5.02 Å². The highest BCUT2D eigenvalue weighted by atomic mass is 35.5. The molecule has 0 aliphatic heterocycles. The minimum Gasteiger partial charge on any atom is -0.465 e. The van der Waals surface area contributed by atoms with Crippen molar-refractivity contribution in [3.63, 3.8) is 0 Å². The maximum atomic E-state index is 11.9. The van der Waals surface area contributed by atoms with E-state index < -0.39 is 11.9 Å². The van der Waals surface area contributed by atoms with Gasteiger partial charge >= 0.3 is 5.97 Å². The first-order valence-electron chi connectivity index (χ1n) is 6.51. The summed E-state index contributed by atoms with van der Waals surface area (Å²) in [4.78, 5) is 35.6. The number of thiophene rings is 1. The van der Waals surface area contributed by atoms with Crippen LogP contribution >= 0.6 is 22.9 Å². The fourth-order valence-electron chi connectivity index (χ4n) is 1.69. The Morgan fingerprint density at radius 2 is 1.70 bits per heavy atom. The summed E-state index contributed by atoms with van der Waals surface area (Å²) in [6.07, 6.45) is 0.106. The lowest BCUT2D eigenvalue weighted by atomic mass is 10.1. The first kappa shape index (κ1) is 17.0. The van der Waals surface area contributed by atoms with E-state index in [1.807, 2.05) is 0 Å². The van der Waals surface area contributed by atoms with Crippen LogP contribution in [0, 0.1) is 0 Å². The van der Waals surface area contributed by atoms with Crippen molar-refractivity contribution in [3.8, 4) is 0 Å². The van der Waals surface area contributed by atoms with Crippen LogP contribution in [-0.4, -0.2) is 24.9 Å². The third-order valence-corrected chi connectivity index (χ3v) is 4.13. The maximum absolute atomic E-state index is 11.9. The average molecular weight is 353 g/mol. The topological polar surface area (TPSA) is 84.5 Å². The standard InChI is InChI=1S/C15H13ClN2O4S/c1-22-15(21)12-7-6-11(23-12)14(20)18-17-13(19)8-9-2-4-10(16)5-3-9/h2-7H,8H2,1H3,(H,17,19)(H,18,20). The number of carbonyl (C=O) groups is 3. The third-order valence-electron chi connectivity index (χ3n) is 2.81. The van der Waals surface area contributed by atoms with Gasteiger partial charge in [-0.15, -0.1) is 11.3 Å². The largest absolute Gasteiger partial charge is 0.465 e. The van der Waals surface area contributed by atoms with E-state index in [9.17, 15) is 14.4 Å². The minimum absolute atomic E-state index is 0.106. The number of hydrogen-bond donors (Lipinski definition) is 2. The van der Waals surface area contributed by atoms with Crippen LogP contribution in [0.1, 0.15) is 24.9 Å². The quantitative estimate of drug-likeness (QED) is 0.652. The molecule has 1 heterocycles. The molecule has 1 aromatic heterocycles. The van der Waals surface area contributed by atoms with Crippen LogP contribution in [0.5, 0.6) is 0 Å². The van der Waals surface area contributed by atoms with Gasteiger partial charge in [-0.1, -0.05) is 23.7 Å². The molecule has 6 nitrogen and oxygen atoms in total. The summed E-state index contributed by atoms with van der Waals surface area (Å²) in [7, 11) is 1.26. The third kappa shape index (κ3) is 4.80. The molecule has 2 aromatic rings. The number of esters is 1. The molecule has 0 aliphatic carbocycles. The van der Waals surface area contributed by atoms with Gasteiger partial charge in [0.1, 0.15) is 4.88 Å². The van der Waals surface area contributed by atoms with Crippen LogP contribution < -0.4 is 10.9 Å². The van der Waals surface area contributed by atoms with Crippen LogP contribution in [0.25, 0.3) is 0 Å². The Kier molecular flexibility index (Phi) is 5.72. The van der Waals surface area contributed by atoms with Crippen molar-refractivity contribution in [3.05, 3.63) is 56.7 Å². The summed E-state index contributed by atoms with van der Waals surface area (Å²) in [6.45, 7) is 0. The molecule has 2 N–H and O–H groups in total. The van der Waals surface area contributed by atoms with Gasteiger partial charge in [-0.05, 0) is 29.8 Å². The van der Waals surface area contributed by atoms with Gasteiger partial charge in [0.05, 0.1) is 18.4 Å². The Morgan fingerprint density at radius 1 is 1.04 bits per heavy atom. The SMILES string of the molecule is COC(=O)c1ccc(C(=O)NNC(=O)Cc2ccc(Cl)cc2)s1. The number of methoxy groups -OCH3 is 1. The van der Waals surface area contributed by atoms with Crippen LogP contribution in [-0.2, 0) is 16.0 Å². The van der Waals surface area contributed by atoms with E-state index in [-0.39, 0.29) is 17.2 Å². The molecule has 2 rings (SSSR count). The smallest absolute Gasteiger partial charge is 0.348 e. The number of nitrogens with one attached hydrogen (secondary N) is 2. The number of ether oxygens (including phenoxy) is 1. The molecule has 0 saturated carbocycles. The second-order valence-corrected chi connectivity index (χ2v) is 5.98. The molecule has 0 fully saturated rings. The Morgan fingerprint density at radius 3 is 2.35 bits per heavy atom. The molecule has 0 unspecified atom stereocenters. The van der Waals surface area contributed by atoms with Crippen LogP contribution in [0.4, 0.5) is 0 Å². The van der Waals surface area contributed by atoms with E-state index in [4.69, 9.17) is 11.6 Å². The molecule has 0 atom stereocenters. The zero-order valence-corrected chi connectivity index (χ0v) is 13.7. The predicted molar refractivity (Wildman–Crippen MR) is 86.4 cm³/mol. The second-order valence-electron chi connectivity index (χ2n) is 4.46. The normalized spacial score (nSPS) is 10.0. The van der Waals surface area contributed by atoms with E-state index in [0.717, 1.165) is 16.9 Å². The van der Waals surface area contributed by atoms with Crippen molar-refractivity contribution in [1.82, 2.24) is 10.9 Å². The van der Waals surface area contributed by atoms with Gasteiger partial charge in [0.25, 0.3) is 5.91 Å². The number of benzene rings is 1. The zero-order chi connectivity index (χ0) is 16.8. The van der Waals surface area contributed by atoms with Gasteiger partial charge in [-0.2, -0.15) is 0 Å². The number of halogens is 1. The van der Waals surface area contributed by atoms with Crippen molar-refractivity contribution >= 4 is 40.7 Å². The lowest BCUT2D eigenvalue weighted by Crippen LogP contribution is -2.42. The van der Waals surface area contributed by atoms with Crippen molar-refractivity contribution in [2.24, 2.45) is 0 Å². The summed E-state index contributed by atoms with van der Waals surface area (Å²) in [5, 5.41) is 0.585. The van der Waals surface area contributed by atoms with Crippen LogP contribution in [0.15, 0.2) is 36.4 Å². The minimum atomic E-state index is -0.513. The number of rotatable bonds is 4. The molecule has 8 heteroatoms. The van der Waals surface area contributed by atoms with E-state index in [2.05, 4.69) is 15.6 Å². The molecule has 0 bridgehead atoms. The molecule has 2 amide bonds. The fourth-order valence-corrected chi connectivity index (χ4v) is 2.64. The number of hydrazine groups is 1. The first-order chi connectivity index (χ1) is 11.0. The highest BCUT2D eigenvalue weighted by Crippen LogP contribution is 2.17. The van der Waals surface area contributed by atoms with Gasteiger partial charge in [-0.25, -0.2) is 4.79 Å². The maximum Gasteiger partial charge on any atom is 0.348 e. The van der Waals surface area contributed by atoms with E-state index in [1.54, 1.807) is 24.3 Å². The summed E-state index contributed by atoms with van der Waals surface area (Å²) in [6, 6.07) is 9.79. The molecular weight excluding hydrogens is 340 g/mol. The number of carbonyl (C=O) groups excluding carboxylic acids is 3. The molecule has 0 aliphatic rings. The first-order valence-corrected chi connectivity index (χ1v) is 7.71. The van der Waals surface area contributed by atoms with E-state index in [1.165, 1.54) is 19.2 Å². The highest BCUT2D eigenvalue weighted by molar-refractivity contribution is 7.15. The van der Waals surface area contributed by atoms with Gasteiger partial charge in [-0.3, -0.25) is 20.4 Å². The molecule has 0 saturated heterocycles. The van der Waals surface area contributed by atoms with Crippen LogP contribution in [0.3, 0.4) is 0 Å². The lowest BCUT2D eigenvalue weighted by molar-refractivity contribution is -0.121. The lowest BCUT2D eigenvalue weighted by Gasteiger charge is -2.06. The Bertz CT molecular complexity index is 727. The molecule has 23 heavy (non-hydrogen) atoms. The molecule has 0 radical (unpaired) electrons. The Hall–Kier alpha value is -2.38. The number of hydrogen-bond acceptors (Lipinski definition) is 5. The molecular formula is C15H13ClN2O4S. The van der Waals surface area contributed by atoms with Crippen molar-refractivity contribution in [2.45, 2.75) is 6.42 Å². The van der Waals surface area contributed by atoms with E-state index >= 15 is 0 Å². The summed E-state index contributed by atoms with van der Waals surface area (Å²) in [5.41, 5.74) is 5.38. The van der Waals surface area contributed by atoms with Gasteiger partial charge < -0.3 is 4.74 Å². The van der Waals surface area contributed by atoms with Crippen molar-refractivity contribution < 1.29 is 19.1 Å². The van der Waals surface area contributed by atoms with E-state index in [0.29, 0.717) is 9.90 Å². The average Bonchev–Trinajstić information content (AvgIpc) is 3.04. The van der Waals surface area contributed by atoms with Gasteiger partial charge in [0.15, 0.2) is 0 Å². The van der Waals surface area contributed by atoms with Crippen molar-refractivity contribution in [2.75, 3.05) is 7.11 Å². The predicted octanol–water partition coefficient (Wildman–Crippen LogP) is 2.19. The summed E-state index contributed by atoms with van der Waals surface area (Å²) < 4.78 is 4.56. The van der Waals surface area contributed by atoms with Gasteiger partial charge in [0, 0.05) is 5.02 Å². The Balaban J connectivity index is 1.86. The van der Waals surface area contributed by atoms with Gasteiger partial charge in [0.2, 0.25) is 5.91 Å². The summed E-state index contributed by atoms with van der Waals surface area (Å²) >= 11 is 6.74. The molecule has 1 aromatic carbocycles. The zero-order valence-electron chi connectivity index (χ0n) is 12.1.